The second-order valence-corrected chi connectivity index (χ2v) is 8.31. The van der Waals surface area contributed by atoms with Gasteiger partial charge in [-0.1, -0.05) is 40.9 Å². The summed E-state index contributed by atoms with van der Waals surface area (Å²) in [6, 6.07) is 9.31. The van der Waals surface area contributed by atoms with E-state index in [-0.39, 0.29) is 17.8 Å². The van der Waals surface area contributed by atoms with Crippen LogP contribution in [0.15, 0.2) is 28.7 Å². The predicted molar refractivity (Wildman–Crippen MR) is 103 cm³/mol. The van der Waals surface area contributed by atoms with Gasteiger partial charge in [-0.25, -0.2) is 0 Å². The van der Waals surface area contributed by atoms with Crippen LogP contribution in [0.25, 0.3) is 0 Å². The van der Waals surface area contributed by atoms with Crippen LogP contribution in [0, 0.1) is 0 Å². The van der Waals surface area contributed by atoms with E-state index in [9.17, 15) is 4.79 Å². The Hall–Kier alpha value is -0.580. The number of hydrogen-bond acceptors (Lipinski definition) is 2. The second kappa shape index (κ2) is 7.35. The molecule has 2 saturated heterocycles. The van der Waals surface area contributed by atoms with Crippen LogP contribution in [-0.4, -0.2) is 36.0 Å². The number of hydrogen-bond donors (Lipinski definition) is 1. The molecule has 5 heteroatoms. The maximum atomic E-state index is 13.7. The molecule has 1 saturated carbocycles. The van der Waals surface area contributed by atoms with Gasteiger partial charge in [0.2, 0.25) is 5.91 Å². The summed E-state index contributed by atoms with van der Waals surface area (Å²) in [5.41, 5.74) is 0.931. The van der Waals surface area contributed by atoms with Gasteiger partial charge in [-0.15, -0.1) is 12.4 Å². The lowest BCUT2D eigenvalue weighted by Gasteiger charge is -2.38. The van der Waals surface area contributed by atoms with Crippen molar-refractivity contribution in [1.29, 1.82) is 0 Å². The Kier molecular flexibility index (Phi) is 5.58. The zero-order valence-corrected chi connectivity index (χ0v) is 16.4. The molecule has 24 heavy (non-hydrogen) atoms. The number of amides is 1. The van der Waals surface area contributed by atoms with Crippen LogP contribution in [0.4, 0.5) is 0 Å². The molecule has 1 aromatic rings. The average Bonchev–Trinajstić information content (AvgIpc) is 3.11. The van der Waals surface area contributed by atoms with Crippen molar-refractivity contribution >= 4 is 34.2 Å². The third-order valence-electron chi connectivity index (χ3n) is 6.13. The number of halogens is 2. The van der Waals surface area contributed by atoms with Gasteiger partial charge in [-0.3, -0.25) is 4.79 Å². The summed E-state index contributed by atoms with van der Waals surface area (Å²) in [4.78, 5) is 16.0. The zero-order valence-electron chi connectivity index (χ0n) is 14.0. The minimum atomic E-state index is -0.283. The number of carbonyl (C=O) groups is 1. The summed E-state index contributed by atoms with van der Waals surface area (Å²) in [6.07, 6.45) is 7.80. The summed E-state index contributed by atoms with van der Waals surface area (Å²) < 4.78 is 1.08. The first kappa shape index (κ1) is 18.2. The van der Waals surface area contributed by atoms with Crippen LogP contribution in [-0.2, 0) is 10.2 Å². The first-order chi connectivity index (χ1) is 11.2. The number of benzene rings is 1. The summed E-state index contributed by atoms with van der Waals surface area (Å²) in [5, 5.41) is 3.51. The molecule has 1 aromatic carbocycles. The Morgan fingerprint density at radius 2 is 1.92 bits per heavy atom. The van der Waals surface area contributed by atoms with E-state index >= 15 is 0 Å². The average molecular weight is 414 g/mol. The van der Waals surface area contributed by atoms with Crippen LogP contribution in [0.2, 0.25) is 0 Å². The van der Waals surface area contributed by atoms with E-state index < -0.39 is 0 Å². The molecule has 2 heterocycles. The minimum absolute atomic E-state index is 0. The quantitative estimate of drug-likeness (QED) is 0.794. The first-order valence-corrected chi connectivity index (χ1v) is 9.79. The lowest BCUT2D eigenvalue weighted by atomic mass is 9.77. The first-order valence-electron chi connectivity index (χ1n) is 9.00. The van der Waals surface area contributed by atoms with Crippen molar-refractivity contribution in [2.45, 2.75) is 62.4 Å². The highest BCUT2D eigenvalue weighted by molar-refractivity contribution is 9.10. The molecule has 1 aliphatic carbocycles. The third-order valence-corrected chi connectivity index (χ3v) is 6.63. The number of rotatable bonds is 2. The topological polar surface area (TPSA) is 32.3 Å². The molecule has 0 aromatic heterocycles. The van der Waals surface area contributed by atoms with Gasteiger partial charge in [0, 0.05) is 23.1 Å². The fourth-order valence-corrected chi connectivity index (χ4v) is 5.35. The van der Waals surface area contributed by atoms with Crippen LogP contribution in [0.3, 0.4) is 0 Å². The van der Waals surface area contributed by atoms with Crippen molar-refractivity contribution in [3.8, 4) is 0 Å². The highest BCUT2D eigenvalue weighted by atomic mass is 79.9. The van der Waals surface area contributed by atoms with Gasteiger partial charge < -0.3 is 10.2 Å². The van der Waals surface area contributed by atoms with E-state index in [0.29, 0.717) is 18.0 Å². The highest BCUT2D eigenvalue weighted by Crippen LogP contribution is 2.45. The van der Waals surface area contributed by atoms with E-state index in [1.54, 1.807) is 0 Å². The Morgan fingerprint density at radius 1 is 1.17 bits per heavy atom. The third kappa shape index (κ3) is 3.02. The predicted octanol–water partition coefficient (Wildman–Crippen LogP) is 4.04. The Labute approximate surface area is 159 Å². The number of nitrogens with zero attached hydrogens (tertiary/aromatic N) is 1. The van der Waals surface area contributed by atoms with Crippen LogP contribution in [0.5, 0.6) is 0 Å². The van der Waals surface area contributed by atoms with Crippen molar-refractivity contribution in [3.63, 3.8) is 0 Å². The van der Waals surface area contributed by atoms with Gasteiger partial charge in [0.25, 0.3) is 0 Å². The van der Waals surface area contributed by atoms with Gasteiger partial charge >= 0.3 is 0 Å². The van der Waals surface area contributed by atoms with E-state index in [1.165, 1.54) is 24.8 Å². The van der Waals surface area contributed by atoms with Gasteiger partial charge in [-0.2, -0.15) is 0 Å². The van der Waals surface area contributed by atoms with E-state index in [0.717, 1.165) is 43.2 Å². The van der Waals surface area contributed by atoms with Crippen molar-refractivity contribution in [2.75, 3.05) is 13.1 Å². The smallest absolute Gasteiger partial charge is 0.233 e. The van der Waals surface area contributed by atoms with Crippen molar-refractivity contribution in [1.82, 2.24) is 10.2 Å². The molecule has 132 valence electrons. The molecule has 0 radical (unpaired) electrons. The van der Waals surface area contributed by atoms with Gasteiger partial charge in [0.05, 0.1) is 5.41 Å². The zero-order chi connectivity index (χ0) is 15.9. The molecular formula is C19H26BrClN2O. The molecule has 3 fully saturated rings. The molecule has 4 rings (SSSR count). The van der Waals surface area contributed by atoms with Crippen LogP contribution < -0.4 is 5.32 Å². The molecule has 3 nitrogen and oxygen atoms in total. The highest BCUT2D eigenvalue weighted by Gasteiger charge is 2.49. The molecule has 2 unspecified atom stereocenters. The number of fused-ring (bicyclic) bond motifs is 2. The largest absolute Gasteiger partial charge is 0.335 e. The molecule has 1 amide bonds. The Morgan fingerprint density at radius 3 is 2.67 bits per heavy atom. The molecule has 2 aliphatic heterocycles. The fraction of sp³-hybridized carbons (Fsp3) is 0.632. The Bertz CT molecular complexity index is 589. The van der Waals surface area contributed by atoms with E-state index in [1.807, 2.05) is 0 Å². The summed E-state index contributed by atoms with van der Waals surface area (Å²) in [6.45, 7) is 2.02. The molecule has 1 N–H and O–H groups in total. The molecular weight excluding hydrogens is 388 g/mol. The van der Waals surface area contributed by atoms with Crippen LogP contribution >= 0.6 is 28.3 Å². The van der Waals surface area contributed by atoms with Crippen molar-refractivity contribution < 1.29 is 4.79 Å². The monoisotopic (exact) mass is 412 g/mol. The van der Waals surface area contributed by atoms with Gasteiger partial charge in [0.15, 0.2) is 0 Å². The van der Waals surface area contributed by atoms with Crippen molar-refractivity contribution in [2.24, 2.45) is 0 Å². The minimum Gasteiger partial charge on any atom is -0.335 e. The summed E-state index contributed by atoms with van der Waals surface area (Å²) in [7, 11) is 0. The Balaban J connectivity index is 0.00000169. The fourth-order valence-electron chi connectivity index (χ4n) is 4.95. The number of nitrogens with one attached hydrogen (secondary N) is 1. The maximum Gasteiger partial charge on any atom is 0.233 e. The molecule has 2 bridgehead atoms. The lowest BCUT2D eigenvalue weighted by molar-refractivity contribution is -0.140. The lowest BCUT2D eigenvalue weighted by Crippen LogP contribution is -2.51. The van der Waals surface area contributed by atoms with E-state index in [4.69, 9.17) is 0 Å². The van der Waals surface area contributed by atoms with E-state index in [2.05, 4.69) is 50.4 Å². The molecule has 0 spiro atoms. The SMILES string of the molecule is Cl.O=C(N1C2CCNCC1CC2)C1(c2cccc(Br)c2)CCCC1. The van der Waals surface area contributed by atoms with Gasteiger partial charge in [-0.05, 0) is 56.3 Å². The summed E-state index contributed by atoms with van der Waals surface area (Å²) >= 11 is 3.59. The maximum absolute atomic E-state index is 13.7. The molecule has 3 aliphatic rings. The summed E-state index contributed by atoms with van der Waals surface area (Å²) in [5.74, 6) is 0.407. The van der Waals surface area contributed by atoms with Crippen LogP contribution in [0.1, 0.15) is 50.5 Å². The molecule has 2 atom stereocenters. The second-order valence-electron chi connectivity index (χ2n) is 7.39. The number of carbonyl (C=O) groups excluding carboxylic acids is 1. The standard InChI is InChI=1S/C19H25BrN2O.ClH/c20-15-5-3-4-14(12-15)19(9-1-2-10-19)18(23)22-16-6-7-17(22)13-21-11-8-16;/h3-5,12,16-17,21H,1-2,6-11,13H2;1H. The normalized spacial score (nSPS) is 28.3. The van der Waals surface area contributed by atoms with Crippen molar-refractivity contribution in [3.05, 3.63) is 34.3 Å². The van der Waals surface area contributed by atoms with Gasteiger partial charge in [0.1, 0.15) is 0 Å².